The Labute approximate surface area is 155 Å². The molecule has 5 heteroatoms. The zero-order valence-electron chi connectivity index (χ0n) is 15.2. The van der Waals surface area contributed by atoms with Gasteiger partial charge in [0.1, 0.15) is 0 Å². The number of pyridine rings is 2. The first kappa shape index (κ1) is 17.2. The maximum Gasteiger partial charge on any atom is 0.228 e. The summed E-state index contributed by atoms with van der Waals surface area (Å²) in [6, 6.07) is 11.9. The van der Waals surface area contributed by atoms with E-state index in [1.165, 1.54) is 12.8 Å². The standard InChI is InChI=1S/C21H26N4O/c26-20(14-18-6-1-3-10-22-18)25-13-9-21(17-25)8-5-12-24(16-21)15-19-7-2-4-11-23-19/h1-4,6-7,10-11H,5,8-9,12-17H2. The molecule has 5 nitrogen and oxygen atoms in total. The minimum absolute atomic E-state index is 0.211. The van der Waals surface area contributed by atoms with Gasteiger partial charge in [-0.25, -0.2) is 0 Å². The molecule has 0 aromatic carbocycles. The summed E-state index contributed by atoms with van der Waals surface area (Å²) in [6.45, 7) is 4.86. The van der Waals surface area contributed by atoms with Crippen LogP contribution in [0, 0.1) is 5.41 Å². The molecule has 136 valence electrons. The van der Waals surface area contributed by atoms with Gasteiger partial charge >= 0.3 is 0 Å². The molecule has 0 aliphatic carbocycles. The van der Waals surface area contributed by atoms with Crippen molar-refractivity contribution in [1.29, 1.82) is 0 Å². The fourth-order valence-corrected chi connectivity index (χ4v) is 4.42. The Morgan fingerprint density at radius 1 is 0.962 bits per heavy atom. The maximum absolute atomic E-state index is 12.7. The highest BCUT2D eigenvalue weighted by atomic mass is 16.2. The molecule has 0 radical (unpaired) electrons. The molecule has 0 saturated carbocycles. The van der Waals surface area contributed by atoms with Gasteiger partial charge in [0.2, 0.25) is 5.91 Å². The first-order valence-corrected chi connectivity index (χ1v) is 9.52. The van der Waals surface area contributed by atoms with E-state index in [4.69, 9.17) is 0 Å². The second-order valence-corrected chi connectivity index (χ2v) is 7.70. The molecule has 2 saturated heterocycles. The smallest absolute Gasteiger partial charge is 0.228 e. The van der Waals surface area contributed by atoms with Crippen LogP contribution < -0.4 is 0 Å². The molecule has 0 N–H and O–H groups in total. The van der Waals surface area contributed by atoms with Crippen molar-refractivity contribution in [2.45, 2.75) is 32.2 Å². The van der Waals surface area contributed by atoms with Gasteiger partial charge in [-0.1, -0.05) is 12.1 Å². The van der Waals surface area contributed by atoms with Crippen molar-refractivity contribution in [2.24, 2.45) is 5.41 Å². The Balaban J connectivity index is 1.36. The number of hydrogen-bond acceptors (Lipinski definition) is 4. The van der Waals surface area contributed by atoms with Crippen molar-refractivity contribution in [3.63, 3.8) is 0 Å². The Kier molecular flexibility index (Phi) is 4.98. The zero-order valence-corrected chi connectivity index (χ0v) is 15.2. The minimum atomic E-state index is 0.211. The molecule has 1 spiro atoms. The molecule has 2 fully saturated rings. The first-order chi connectivity index (χ1) is 12.7. The van der Waals surface area contributed by atoms with E-state index in [0.29, 0.717) is 6.42 Å². The monoisotopic (exact) mass is 350 g/mol. The number of rotatable bonds is 4. The number of carbonyl (C=O) groups excluding carboxylic acids is 1. The Morgan fingerprint density at radius 3 is 2.46 bits per heavy atom. The molecule has 2 aromatic heterocycles. The summed E-state index contributed by atoms with van der Waals surface area (Å²) in [5.74, 6) is 0.211. The Bertz CT molecular complexity index is 736. The minimum Gasteiger partial charge on any atom is -0.342 e. The van der Waals surface area contributed by atoms with Gasteiger partial charge in [-0.05, 0) is 50.1 Å². The maximum atomic E-state index is 12.7. The summed E-state index contributed by atoms with van der Waals surface area (Å²) in [4.78, 5) is 26.0. The van der Waals surface area contributed by atoms with Crippen LogP contribution in [0.2, 0.25) is 0 Å². The normalized spacial score (nSPS) is 23.5. The number of likely N-dealkylation sites (tertiary alicyclic amines) is 2. The van der Waals surface area contributed by atoms with Crippen molar-refractivity contribution in [2.75, 3.05) is 26.2 Å². The third kappa shape index (κ3) is 3.93. The van der Waals surface area contributed by atoms with Gasteiger partial charge in [0, 0.05) is 49.7 Å². The average Bonchev–Trinajstić information content (AvgIpc) is 3.07. The zero-order chi connectivity index (χ0) is 17.8. The van der Waals surface area contributed by atoms with E-state index < -0.39 is 0 Å². The number of hydrogen-bond donors (Lipinski definition) is 0. The lowest BCUT2D eigenvalue weighted by Gasteiger charge is -2.40. The highest BCUT2D eigenvalue weighted by Gasteiger charge is 2.42. The van der Waals surface area contributed by atoms with E-state index in [2.05, 4.69) is 31.9 Å². The first-order valence-electron chi connectivity index (χ1n) is 9.52. The van der Waals surface area contributed by atoms with Crippen LogP contribution >= 0.6 is 0 Å². The van der Waals surface area contributed by atoms with E-state index in [0.717, 1.165) is 50.5 Å². The van der Waals surface area contributed by atoms with Crippen LogP contribution in [0.25, 0.3) is 0 Å². The largest absolute Gasteiger partial charge is 0.342 e. The van der Waals surface area contributed by atoms with Gasteiger partial charge in [0.25, 0.3) is 0 Å². The molecule has 2 aromatic rings. The van der Waals surface area contributed by atoms with Gasteiger partial charge in [0.15, 0.2) is 0 Å². The quantitative estimate of drug-likeness (QED) is 0.850. The number of piperidine rings is 1. The van der Waals surface area contributed by atoms with Crippen molar-refractivity contribution < 1.29 is 4.79 Å². The van der Waals surface area contributed by atoms with Crippen LogP contribution in [0.1, 0.15) is 30.7 Å². The lowest BCUT2D eigenvalue weighted by atomic mass is 9.79. The summed E-state index contributed by atoms with van der Waals surface area (Å²) in [7, 11) is 0. The van der Waals surface area contributed by atoms with Crippen LogP contribution in [-0.4, -0.2) is 51.9 Å². The van der Waals surface area contributed by atoms with Crippen molar-refractivity contribution in [3.05, 3.63) is 60.2 Å². The van der Waals surface area contributed by atoms with Gasteiger partial charge in [-0.3, -0.25) is 19.7 Å². The molecule has 1 amide bonds. The fourth-order valence-electron chi connectivity index (χ4n) is 4.42. The van der Waals surface area contributed by atoms with Gasteiger partial charge < -0.3 is 4.90 Å². The van der Waals surface area contributed by atoms with Crippen LogP contribution in [0.15, 0.2) is 48.8 Å². The number of amides is 1. The van der Waals surface area contributed by atoms with E-state index in [1.54, 1.807) is 6.20 Å². The number of carbonyl (C=O) groups is 1. The summed E-state index contributed by atoms with van der Waals surface area (Å²) in [5.41, 5.74) is 2.25. The second-order valence-electron chi connectivity index (χ2n) is 7.70. The Hall–Kier alpha value is -2.27. The van der Waals surface area contributed by atoms with Crippen molar-refractivity contribution in [3.8, 4) is 0 Å². The lowest BCUT2D eigenvalue weighted by molar-refractivity contribution is -0.130. The second kappa shape index (κ2) is 7.54. The highest BCUT2D eigenvalue weighted by Crippen LogP contribution is 2.39. The van der Waals surface area contributed by atoms with E-state index in [-0.39, 0.29) is 11.3 Å². The van der Waals surface area contributed by atoms with Gasteiger partial charge in [0.05, 0.1) is 12.1 Å². The van der Waals surface area contributed by atoms with Crippen molar-refractivity contribution >= 4 is 5.91 Å². The number of nitrogens with zero attached hydrogens (tertiary/aromatic N) is 4. The van der Waals surface area contributed by atoms with Crippen LogP contribution in [0.4, 0.5) is 0 Å². The molecule has 1 unspecified atom stereocenters. The molecule has 0 bridgehead atoms. The molecule has 4 heterocycles. The molecule has 26 heavy (non-hydrogen) atoms. The summed E-state index contributed by atoms with van der Waals surface area (Å²) in [6.07, 6.45) is 7.57. The van der Waals surface area contributed by atoms with Crippen molar-refractivity contribution in [1.82, 2.24) is 19.8 Å². The predicted molar refractivity (Wildman–Crippen MR) is 100 cm³/mol. The number of aromatic nitrogens is 2. The Morgan fingerprint density at radius 2 is 1.73 bits per heavy atom. The molecule has 4 rings (SSSR count). The third-order valence-corrected chi connectivity index (χ3v) is 5.70. The van der Waals surface area contributed by atoms with Crippen LogP contribution in [0.5, 0.6) is 0 Å². The fraction of sp³-hybridized carbons (Fsp3) is 0.476. The third-order valence-electron chi connectivity index (χ3n) is 5.70. The predicted octanol–water partition coefficient (Wildman–Crippen LogP) is 2.53. The molecule has 2 aliphatic rings. The molecule has 2 aliphatic heterocycles. The topological polar surface area (TPSA) is 49.3 Å². The summed E-state index contributed by atoms with van der Waals surface area (Å²) in [5, 5.41) is 0. The molecule has 1 atom stereocenters. The summed E-state index contributed by atoms with van der Waals surface area (Å²) >= 11 is 0. The highest BCUT2D eigenvalue weighted by molar-refractivity contribution is 5.78. The SMILES string of the molecule is O=C(Cc1ccccn1)N1CCC2(CCCN(Cc3ccccn3)C2)C1. The molecular formula is C21H26N4O. The van der Waals surface area contributed by atoms with Crippen LogP contribution in [-0.2, 0) is 17.8 Å². The van der Waals surface area contributed by atoms with E-state index in [9.17, 15) is 4.79 Å². The lowest BCUT2D eigenvalue weighted by Crippen LogP contribution is -2.45. The van der Waals surface area contributed by atoms with Gasteiger partial charge in [-0.2, -0.15) is 0 Å². The van der Waals surface area contributed by atoms with E-state index >= 15 is 0 Å². The van der Waals surface area contributed by atoms with Crippen LogP contribution in [0.3, 0.4) is 0 Å². The van der Waals surface area contributed by atoms with E-state index in [1.807, 2.05) is 30.5 Å². The average molecular weight is 350 g/mol. The summed E-state index contributed by atoms with van der Waals surface area (Å²) < 4.78 is 0. The van der Waals surface area contributed by atoms with Gasteiger partial charge in [-0.15, -0.1) is 0 Å². The molecular weight excluding hydrogens is 324 g/mol.